The molecule has 6 nitrogen and oxygen atoms in total. The van der Waals surface area contributed by atoms with Gasteiger partial charge in [-0.05, 0) is 37.1 Å². The average Bonchev–Trinajstić information content (AvgIpc) is 2.54. The first-order chi connectivity index (χ1) is 11.0. The number of amides is 2. The van der Waals surface area contributed by atoms with Crippen LogP contribution in [-0.4, -0.2) is 42.9 Å². The number of hydrogen-bond donors (Lipinski definition) is 1. The first-order valence-corrected chi connectivity index (χ1v) is 7.77. The summed E-state index contributed by atoms with van der Waals surface area (Å²) in [5.74, 6) is -1.06. The molecule has 6 heteroatoms. The summed E-state index contributed by atoms with van der Waals surface area (Å²) in [7, 11) is 1.23. The minimum Gasteiger partial charge on any atom is -0.469 e. The van der Waals surface area contributed by atoms with Crippen LogP contribution in [0.1, 0.15) is 43.5 Å². The first-order valence-electron chi connectivity index (χ1n) is 7.77. The lowest BCUT2D eigenvalue weighted by Gasteiger charge is -2.21. The first kappa shape index (κ1) is 18.7. The van der Waals surface area contributed by atoms with E-state index in [0.717, 1.165) is 25.9 Å². The number of hydrogen-bond acceptors (Lipinski definition) is 4. The Hall–Kier alpha value is -2.37. The van der Waals surface area contributed by atoms with Crippen LogP contribution in [0.3, 0.4) is 0 Å². The summed E-state index contributed by atoms with van der Waals surface area (Å²) in [6.07, 6.45) is 1.48. The second-order valence-electron chi connectivity index (χ2n) is 5.17. The number of methoxy groups -OCH3 is 1. The summed E-state index contributed by atoms with van der Waals surface area (Å²) in [6, 6.07) is 6.65. The van der Waals surface area contributed by atoms with Crippen LogP contribution < -0.4 is 5.32 Å². The molecule has 0 saturated carbocycles. The fourth-order valence-corrected chi connectivity index (χ4v) is 2.14. The molecule has 0 aliphatic carbocycles. The zero-order valence-electron chi connectivity index (χ0n) is 13.9. The lowest BCUT2D eigenvalue weighted by molar-refractivity contribution is -0.142. The summed E-state index contributed by atoms with van der Waals surface area (Å²) < 4.78 is 4.43. The van der Waals surface area contributed by atoms with Gasteiger partial charge in [0.1, 0.15) is 6.42 Å². The molecule has 0 fully saturated rings. The smallest absolute Gasteiger partial charge is 0.315 e. The van der Waals surface area contributed by atoms with Crippen LogP contribution in [-0.2, 0) is 14.3 Å². The highest BCUT2D eigenvalue weighted by Gasteiger charge is 2.14. The average molecular weight is 320 g/mol. The molecule has 0 bridgehead atoms. The van der Waals surface area contributed by atoms with E-state index in [0.29, 0.717) is 11.3 Å². The van der Waals surface area contributed by atoms with E-state index in [1.807, 2.05) is 18.7 Å². The second-order valence-corrected chi connectivity index (χ2v) is 5.17. The van der Waals surface area contributed by atoms with Gasteiger partial charge in [0.05, 0.1) is 7.11 Å². The Labute approximate surface area is 136 Å². The molecule has 1 rings (SSSR count). The number of carbonyl (C=O) groups excluding carboxylic acids is 3. The Morgan fingerprint density at radius 3 is 2.09 bits per heavy atom. The van der Waals surface area contributed by atoms with Crippen LogP contribution in [0.2, 0.25) is 0 Å². The molecule has 23 heavy (non-hydrogen) atoms. The zero-order valence-corrected chi connectivity index (χ0v) is 13.9. The Morgan fingerprint density at radius 2 is 1.61 bits per heavy atom. The molecule has 0 atom stereocenters. The van der Waals surface area contributed by atoms with Crippen LogP contribution in [0.4, 0.5) is 5.69 Å². The van der Waals surface area contributed by atoms with Crippen LogP contribution in [0.15, 0.2) is 24.3 Å². The molecule has 126 valence electrons. The van der Waals surface area contributed by atoms with E-state index in [4.69, 9.17) is 0 Å². The molecule has 0 aliphatic rings. The van der Waals surface area contributed by atoms with Gasteiger partial charge in [-0.3, -0.25) is 14.4 Å². The molecule has 0 radical (unpaired) electrons. The third kappa shape index (κ3) is 6.10. The number of nitrogens with zero attached hydrogens (tertiary/aromatic N) is 1. The van der Waals surface area contributed by atoms with Gasteiger partial charge in [-0.25, -0.2) is 0 Å². The molecular formula is C17H24N2O4. The fourth-order valence-electron chi connectivity index (χ4n) is 2.14. The van der Waals surface area contributed by atoms with Crippen molar-refractivity contribution in [2.75, 3.05) is 25.5 Å². The standard InChI is InChI=1S/C17H24N2O4/c1-4-10-19(11-5-2)17(22)13-6-8-14(9-7-13)18-15(20)12-16(21)23-3/h6-9H,4-5,10-12H2,1-3H3,(H,18,20). The number of carbonyl (C=O) groups is 3. The third-order valence-corrected chi connectivity index (χ3v) is 3.22. The SMILES string of the molecule is CCCN(CCC)C(=O)c1ccc(NC(=O)CC(=O)OC)cc1. The Balaban J connectivity index is 2.69. The number of nitrogens with one attached hydrogen (secondary N) is 1. The van der Waals surface area contributed by atoms with Crippen LogP contribution in [0.5, 0.6) is 0 Å². The van der Waals surface area contributed by atoms with Crippen molar-refractivity contribution in [3.8, 4) is 0 Å². The largest absolute Gasteiger partial charge is 0.469 e. The molecule has 1 N–H and O–H groups in total. The van der Waals surface area contributed by atoms with Gasteiger partial charge < -0.3 is 15.0 Å². The number of esters is 1. The minimum atomic E-state index is -0.593. The molecule has 1 aromatic rings. The highest BCUT2D eigenvalue weighted by atomic mass is 16.5. The van der Waals surface area contributed by atoms with Gasteiger partial charge in [0.25, 0.3) is 5.91 Å². The number of rotatable bonds is 8. The van der Waals surface area contributed by atoms with Crippen molar-refractivity contribution in [3.05, 3.63) is 29.8 Å². The Morgan fingerprint density at radius 1 is 1.04 bits per heavy atom. The molecule has 1 aromatic carbocycles. The predicted molar refractivity (Wildman–Crippen MR) is 88.2 cm³/mol. The highest BCUT2D eigenvalue weighted by molar-refractivity contribution is 6.02. The quantitative estimate of drug-likeness (QED) is 0.589. The molecule has 0 heterocycles. The summed E-state index contributed by atoms with van der Waals surface area (Å²) in [6.45, 7) is 5.53. The monoisotopic (exact) mass is 320 g/mol. The maximum absolute atomic E-state index is 12.4. The number of anilines is 1. The van der Waals surface area contributed by atoms with Gasteiger partial charge >= 0.3 is 5.97 Å². The van der Waals surface area contributed by atoms with E-state index in [1.165, 1.54) is 7.11 Å². The molecule has 0 saturated heterocycles. The summed E-state index contributed by atoms with van der Waals surface area (Å²) >= 11 is 0. The molecule has 0 unspecified atom stereocenters. The van der Waals surface area contributed by atoms with Crippen molar-refractivity contribution in [1.82, 2.24) is 4.90 Å². The van der Waals surface area contributed by atoms with E-state index >= 15 is 0 Å². The van der Waals surface area contributed by atoms with Crippen LogP contribution >= 0.6 is 0 Å². The maximum Gasteiger partial charge on any atom is 0.315 e. The third-order valence-electron chi connectivity index (χ3n) is 3.22. The van der Waals surface area contributed by atoms with Crippen molar-refractivity contribution >= 4 is 23.5 Å². The normalized spacial score (nSPS) is 10.0. The fraction of sp³-hybridized carbons (Fsp3) is 0.471. The van der Waals surface area contributed by atoms with Crippen molar-refractivity contribution in [1.29, 1.82) is 0 Å². The molecule has 0 aromatic heterocycles. The Kier molecular flexibility index (Phi) is 7.80. The van der Waals surface area contributed by atoms with E-state index in [2.05, 4.69) is 10.1 Å². The summed E-state index contributed by atoms with van der Waals surface area (Å²) in [5, 5.41) is 2.59. The highest BCUT2D eigenvalue weighted by Crippen LogP contribution is 2.13. The molecule has 0 aliphatic heterocycles. The predicted octanol–water partition coefficient (Wildman–Crippen LogP) is 2.45. The lowest BCUT2D eigenvalue weighted by atomic mass is 10.1. The topological polar surface area (TPSA) is 75.7 Å². The number of benzene rings is 1. The van der Waals surface area contributed by atoms with Gasteiger partial charge in [0, 0.05) is 24.3 Å². The van der Waals surface area contributed by atoms with Crippen molar-refractivity contribution in [2.45, 2.75) is 33.1 Å². The molecular weight excluding hydrogens is 296 g/mol. The van der Waals surface area contributed by atoms with Crippen LogP contribution in [0.25, 0.3) is 0 Å². The van der Waals surface area contributed by atoms with E-state index in [1.54, 1.807) is 24.3 Å². The maximum atomic E-state index is 12.4. The summed E-state index contributed by atoms with van der Waals surface area (Å²) in [4.78, 5) is 36.9. The van der Waals surface area contributed by atoms with E-state index in [9.17, 15) is 14.4 Å². The van der Waals surface area contributed by atoms with Gasteiger partial charge in [-0.1, -0.05) is 13.8 Å². The Bertz CT molecular complexity index is 534. The minimum absolute atomic E-state index is 0.0128. The van der Waals surface area contributed by atoms with E-state index < -0.39 is 11.9 Å². The lowest BCUT2D eigenvalue weighted by Crippen LogP contribution is -2.32. The van der Waals surface area contributed by atoms with Gasteiger partial charge in [0.2, 0.25) is 5.91 Å². The second kappa shape index (κ2) is 9.61. The van der Waals surface area contributed by atoms with Gasteiger partial charge in [0.15, 0.2) is 0 Å². The van der Waals surface area contributed by atoms with Crippen molar-refractivity contribution in [3.63, 3.8) is 0 Å². The van der Waals surface area contributed by atoms with Gasteiger partial charge in [-0.15, -0.1) is 0 Å². The molecule has 2 amide bonds. The van der Waals surface area contributed by atoms with Crippen molar-refractivity contribution in [2.24, 2.45) is 0 Å². The van der Waals surface area contributed by atoms with Crippen molar-refractivity contribution < 1.29 is 19.1 Å². The molecule has 0 spiro atoms. The zero-order chi connectivity index (χ0) is 17.2. The number of ether oxygens (including phenoxy) is 1. The van der Waals surface area contributed by atoms with Gasteiger partial charge in [-0.2, -0.15) is 0 Å². The summed E-state index contributed by atoms with van der Waals surface area (Å²) in [5.41, 5.74) is 1.12. The van der Waals surface area contributed by atoms with E-state index in [-0.39, 0.29) is 12.3 Å². The van der Waals surface area contributed by atoms with Crippen LogP contribution in [0, 0.1) is 0 Å².